The van der Waals surface area contributed by atoms with E-state index in [1.165, 1.54) is 50.5 Å². The van der Waals surface area contributed by atoms with Gasteiger partial charge in [0.05, 0.1) is 0 Å². The molecular weight excluding hydrogens is 324 g/mol. The Labute approximate surface area is 158 Å². The van der Waals surface area contributed by atoms with Crippen molar-refractivity contribution in [2.24, 2.45) is 23.2 Å². The molecule has 2 N–H and O–H groups in total. The summed E-state index contributed by atoms with van der Waals surface area (Å²) >= 11 is 5.58. The molecule has 0 radical (unpaired) electrons. The fraction of sp³-hybridized carbons (Fsp3) is 0.682. The molecule has 4 aliphatic carbocycles. The summed E-state index contributed by atoms with van der Waals surface area (Å²) in [6, 6.07) is 8.75. The highest BCUT2D eigenvalue weighted by atomic mass is 32.1. The van der Waals surface area contributed by atoms with Crippen molar-refractivity contribution in [1.29, 1.82) is 0 Å². The fourth-order valence-electron chi connectivity index (χ4n) is 6.08. The van der Waals surface area contributed by atoms with Gasteiger partial charge < -0.3 is 10.6 Å². The Balaban J connectivity index is 1.31. The zero-order valence-corrected chi connectivity index (χ0v) is 16.5. The highest BCUT2D eigenvalue weighted by Gasteiger charge is 2.50. The summed E-state index contributed by atoms with van der Waals surface area (Å²) in [5, 5.41) is 7.72. The van der Waals surface area contributed by atoms with E-state index in [0.29, 0.717) is 11.3 Å². The van der Waals surface area contributed by atoms with Crippen LogP contribution in [-0.4, -0.2) is 11.7 Å². The first-order chi connectivity index (χ1) is 12.0. The van der Waals surface area contributed by atoms with E-state index in [-0.39, 0.29) is 0 Å². The molecule has 0 spiro atoms. The Kier molecular flexibility index (Phi) is 4.79. The quantitative estimate of drug-likeness (QED) is 0.661. The van der Waals surface area contributed by atoms with E-state index in [9.17, 15) is 0 Å². The van der Waals surface area contributed by atoms with Crippen LogP contribution in [0, 0.1) is 23.2 Å². The van der Waals surface area contributed by atoms with Crippen molar-refractivity contribution >= 4 is 23.0 Å². The van der Waals surface area contributed by atoms with Gasteiger partial charge in [-0.25, -0.2) is 0 Å². The van der Waals surface area contributed by atoms with Gasteiger partial charge in [0.15, 0.2) is 5.11 Å². The molecule has 5 rings (SSSR count). The Morgan fingerprint density at radius 1 is 1.08 bits per heavy atom. The molecule has 2 nitrogen and oxygen atoms in total. The van der Waals surface area contributed by atoms with Gasteiger partial charge in [-0.3, -0.25) is 0 Å². The third-order valence-electron chi connectivity index (χ3n) is 7.14. The summed E-state index contributed by atoms with van der Waals surface area (Å²) in [4.78, 5) is 0. The van der Waals surface area contributed by atoms with Crippen molar-refractivity contribution in [3.63, 3.8) is 0 Å². The lowest BCUT2D eigenvalue weighted by Crippen LogP contribution is -2.51. The molecule has 4 aliphatic rings. The molecule has 136 valence electrons. The van der Waals surface area contributed by atoms with Gasteiger partial charge in [0, 0.05) is 12.2 Å². The van der Waals surface area contributed by atoms with Crippen LogP contribution in [0.1, 0.15) is 70.3 Å². The average molecular weight is 357 g/mol. The first-order valence-corrected chi connectivity index (χ1v) is 10.6. The van der Waals surface area contributed by atoms with Crippen LogP contribution in [0.4, 0.5) is 5.69 Å². The normalized spacial score (nSPS) is 33.9. The molecule has 4 fully saturated rings. The lowest BCUT2D eigenvalue weighted by Gasteiger charge is -2.57. The molecule has 1 atom stereocenters. The summed E-state index contributed by atoms with van der Waals surface area (Å²) in [5.74, 6) is 3.63. The lowest BCUT2D eigenvalue weighted by atomic mass is 9.49. The van der Waals surface area contributed by atoms with E-state index in [1.807, 2.05) is 0 Å². The Morgan fingerprint density at radius 3 is 2.16 bits per heavy atom. The molecule has 4 bridgehead atoms. The minimum Gasteiger partial charge on any atom is -0.362 e. The minimum atomic E-state index is 0.529. The van der Waals surface area contributed by atoms with Gasteiger partial charge in [0.2, 0.25) is 0 Å². The molecule has 0 aromatic heterocycles. The molecule has 1 unspecified atom stereocenters. The number of hydrogen-bond donors (Lipinski definition) is 2. The van der Waals surface area contributed by atoms with E-state index >= 15 is 0 Å². The summed E-state index contributed by atoms with van der Waals surface area (Å²) in [7, 11) is 0. The van der Waals surface area contributed by atoms with Crippen LogP contribution in [0.2, 0.25) is 0 Å². The van der Waals surface area contributed by atoms with Crippen molar-refractivity contribution in [3.05, 3.63) is 29.8 Å². The van der Waals surface area contributed by atoms with Crippen LogP contribution in [0.15, 0.2) is 24.3 Å². The maximum atomic E-state index is 5.58. The molecule has 0 saturated heterocycles. The fourth-order valence-corrected chi connectivity index (χ4v) is 6.27. The van der Waals surface area contributed by atoms with E-state index < -0.39 is 0 Å². The number of thiocarbonyl (C=S) groups is 1. The monoisotopic (exact) mass is 356 g/mol. The standard InChI is InChI=1S/C22H32N2S/c1-3-15(2)19-4-6-20(7-5-19)24-21(25)23-14-22-11-16-8-17(12-22)10-18(9-16)13-22/h4-7,15-18H,3,8-14H2,1-2H3,(H2,23,24,25). The van der Waals surface area contributed by atoms with Crippen LogP contribution in [0.25, 0.3) is 0 Å². The lowest BCUT2D eigenvalue weighted by molar-refractivity contribution is -0.0490. The first kappa shape index (κ1) is 17.3. The van der Waals surface area contributed by atoms with Gasteiger partial charge in [-0.2, -0.15) is 0 Å². The Bertz CT molecular complexity index is 586. The van der Waals surface area contributed by atoms with Gasteiger partial charge in [-0.15, -0.1) is 0 Å². The molecule has 4 saturated carbocycles. The maximum Gasteiger partial charge on any atom is 0.170 e. The van der Waals surface area contributed by atoms with Gasteiger partial charge in [-0.1, -0.05) is 26.0 Å². The van der Waals surface area contributed by atoms with E-state index in [1.54, 1.807) is 0 Å². The van der Waals surface area contributed by atoms with Crippen LogP contribution in [-0.2, 0) is 0 Å². The molecule has 25 heavy (non-hydrogen) atoms. The topological polar surface area (TPSA) is 24.1 Å². The predicted molar refractivity (Wildman–Crippen MR) is 110 cm³/mol. The third kappa shape index (κ3) is 3.72. The minimum absolute atomic E-state index is 0.529. The van der Waals surface area contributed by atoms with Gasteiger partial charge in [0.1, 0.15) is 0 Å². The summed E-state index contributed by atoms with van der Waals surface area (Å²) in [6.45, 7) is 5.58. The van der Waals surface area contributed by atoms with Crippen molar-refractivity contribution in [2.45, 2.75) is 64.7 Å². The van der Waals surface area contributed by atoms with E-state index in [2.05, 4.69) is 48.7 Å². The van der Waals surface area contributed by atoms with Crippen LogP contribution < -0.4 is 10.6 Å². The van der Waals surface area contributed by atoms with Gasteiger partial charge in [-0.05, 0) is 104 Å². The zero-order chi connectivity index (χ0) is 17.4. The summed E-state index contributed by atoms with van der Waals surface area (Å²) in [6.07, 6.45) is 9.98. The van der Waals surface area contributed by atoms with Crippen molar-refractivity contribution < 1.29 is 0 Å². The molecular formula is C22H32N2S. The van der Waals surface area contributed by atoms with Gasteiger partial charge in [0.25, 0.3) is 0 Å². The second-order valence-corrected chi connectivity index (χ2v) is 9.56. The Hall–Kier alpha value is -1.09. The molecule has 1 aromatic rings. The van der Waals surface area contributed by atoms with E-state index in [4.69, 9.17) is 12.2 Å². The van der Waals surface area contributed by atoms with Crippen LogP contribution in [0.5, 0.6) is 0 Å². The largest absolute Gasteiger partial charge is 0.362 e. The third-order valence-corrected chi connectivity index (χ3v) is 7.39. The highest BCUT2D eigenvalue weighted by molar-refractivity contribution is 7.80. The molecule has 3 heteroatoms. The van der Waals surface area contributed by atoms with Crippen LogP contribution >= 0.6 is 12.2 Å². The number of anilines is 1. The number of rotatable bonds is 5. The van der Waals surface area contributed by atoms with Crippen molar-refractivity contribution in [3.8, 4) is 0 Å². The molecule has 0 heterocycles. The SMILES string of the molecule is CCC(C)c1ccc(NC(=S)NCC23CC4CC(CC(C4)C2)C3)cc1. The number of hydrogen-bond acceptors (Lipinski definition) is 1. The second-order valence-electron chi connectivity index (χ2n) is 9.16. The second kappa shape index (κ2) is 6.90. The zero-order valence-electron chi connectivity index (χ0n) is 15.7. The molecule has 1 aromatic carbocycles. The summed E-state index contributed by atoms with van der Waals surface area (Å²) in [5.41, 5.74) is 3.02. The average Bonchev–Trinajstić information content (AvgIpc) is 2.59. The maximum absolute atomic E-state index is 5.58. The summed E-state index contributed by atoms with van der Waals surface area (Å²) < 4.78 is 0. The Morgan fingerprint density at radius 2 is 1.64 bits per heavy atom. The van der Waals surface area contributed by atoms with Crippen molar-refractivity contribution in [2.75, 3.05) is 11.9 Å². The number of benzene rings is 1. The number of nitrogens with one attached hydrogen (secondary N) is 2. The van der Waals surface area contributed by atoms with Crippen LogP contribution in [0.3, 0.4) is 0 Å². The highest BCUT2D eigenvalue weighted by Crippen LogP contribution is 2.59. The molecule has 0 aliphatic heterocycles. The molecule has 0 amide bonds. The smallest absolute Gasteiger partial charge is 0.170 e. The van der Waals surface area contributed by atoms with E-state index in [0.717, 1.165) is 35.1 Å². The van der Waals surface area contributed by atoms with Gasteiger partial charge >= 0.3 is 0 Å². The first-order valence-electron chi connectivity index (χ1n) is 10.2. The predicted octanol–water partition coefficient (Wildman–Crippen LogP) is 5.70. The van der Waals surface area contributed by atoms with Crippen molar-refractivity contribution in [1.82, 2.24) is 5.32 Å².